The minimum absolute atomic E-state index is 0.0140. The first-order valence-electron chi connectivity index (χ1n) is 5.77. The Hall–Kier alpha value is -1.27. The maximum Gasteiger partial charge on any atom is 0.145 e. The molecule has 102 valence electrons. The van der Waals surface area contributed by atoms with Crippen LogP contribution in [0.2, 0.25) is 0 Å². The van der Waals surface area contributed by atoms with Crippen molar-refractivity contribution in [1.29, 1.82) is 0 Å². The van der Waals surface area contributed by atoms with Crippen LogP contribution in [0.5, 0.6) is 0 Å². The molecule has 1 heterocycles. The van der Waals surface area contributed by atoms with E-state index in [1.807, 2.05) is 6.92 Å². The summed E-state index contributed by atoms with van der Waals surface area (Å²) in [5.41, 5.74) is 1.49. The molecule has 0 radical (unpaired) electrons. The fraction of sp³-hybridized carbons (Fsp3) is 0.308. The lowest BCUT2D eigenvalue weighted by Gasteiger charge is -2.19. The highest BCUT2D eigenvalue weighted by Gasteiger charge is 2.24. The van der Waals surface area contributed by atoms with Crippen molar-refractivity contribution in [1.82, 2.24) is 15.1 Å². The fourth-order valence-corrected chi connectivity index (χ4v) is 2.49. The molecule has 19 heavy (non-hydrogen) atoms. The van der Waals surface area contributed by atoms with Crippen molar-refractivity contribution in [3.05, 3.63) is 51.3 Å². The molecule has 0 aliphatic rings. The van der Waals surface area contributed by atoms with Crippen LogP contribution >= 0.6 is 15.9 Å². The van der Waals surface area contributed by atoms with Crippen molar-refractivity contribution < 1.29 is 8.78 Å². The lowest BCUT2D eigenvalue weighted by Crippen LogP contribution is -2.23. The van der Waals surface area contributed by atoms with Gasteiger partial charge in [0.2, 0.25) is 0 Å². The van der Waals surface area contributed by atoms with E-state index in [1.165, 1.54) is 12.1 Å². The molecule has 0 aliphatic heterocycles. The normalized spacial score (nSPS) is 12.7. The number of benzene rings is 1. The van der Waals surface area contributed by atoms with Crippen LogP contribution in [0.25, 0.3) is 0 Å². The van der Waals surface area contributed by atoms with Crippen molar-refractivity contribution in [2.75, 3.05) is 7.05 Å². The molecule has 1 aromatic heterocycles. The largest absolute Gasteiger partial charge is 0.308 e. The number of nitrogens with one attached hydrogen (secondary N) is 1. The Kier molecular flexibility index (Phi) is 4.01. The second-order valence-electron chi connectivity index (χ2n) is 4.31. The van der Waals surface area contributed by atoms with Gasteiger partial charge in [-0.25, -0.2) is 8.78 Å². The van der Waals surface area contributed by atoms with E-state index in [2.05, 4.69) is 26.3 Å². The Balaban J connectivity index is 2.61. The van der Waals surface area contributed by atoms with E-state index >= 15 is 0 Å². The van der Waals surface area contributed by atoms with Gasteiger partial charge in [-0.15, -0.1) is 0 Å². The third-order valence-electron chi connectivity index (χ3n) is 2.99. The molecule has 0 amide bonds. The highest BCUT2D eigenvalue weighted by Crippen LogP contribution is 2.30. The van der Waals surface area contributed by atoms with E-state index in [-0.39, 0.29) is 10.0 Å². The van der Waals surface area contributed by atoms with Gasteiger partial charge in [0.15, 0.2) is 0 Å². The molecule has 0 saturated heterocycles. The van der Waals surface area contributed by atoms with Gasteiger partial charge in [-0.1, -0.05) is 0 Å². The van der Waals surface area contributed by atoms with Crippen molar-refractivity contribution in [2.24, 2.45) is 7.05 Å². The van der Waals surface area contributed by atoms with Crippen molar-refractivity contribution in [3.63, 3.8) is 0 Å². The Morgan fingerprint density at radius 2 is 2.05 bits per heavy atom. The van der Waals surface area contributed by atoms with E-state index in [1.54, 1.807) is 24.8 Å². The van der Waals surface area contributed by atoms with Crippen LogP contribution in [0.15, 0.2) is 22.7 Å². The average molecular weight is 330 g/mol. The summed E-state index contributed by atoms with van der Waals surface area (Å²) >= 11 is 3.08. The zero-order chi connectivity index (χ0) is 14.2. The van der Waals surface area contributed by atoms with Crippen LogP contribution in [0.3, 0.4) is 0 Å². The highest BCUT2D eigenvalue weighted by atomic mass is 79.9. The van der Waals surface area contributed by atoms with Crippen LogP contribution in [0, 0.1) is 18.6 Å². The summed E-state index contributed by atoms with van der Waals surface area (Å²) in [6, 6.07) is 3.82. The van der Waals surface area contributed by atoms with Gasteiger partial charge >= 0.3 is 0 Å². The van der Waals surface area contributed by atoms with Gasteiger partial charge in [0.05, 0.1) is 21.9 Å². The molecule has 1 unspecified atom stereocenters. The zero-order valence-corrected chi connectivity index (χ0v) is 12.4. The maximum absolute atomic E-state index is 14.2. The zero-order valence-electron chi connectivity index (χ0n) is 10.8. The summed E-state index contributed by atoms with van der Waals surface area (Å²) in [7, 11) is 3.41. The Labute approximate surface area is 118 Å². The molecule has 1 N–H and O–H groups in total. The molecule has 2 aromatic rings. The fourth-order valence-electron chi connectivity index (χ4n) is 2.15. The number of aromatic nitrogens is 2. The maximum atomic E-state index is 14.2. The summed E-state index contributed by atoms with van der Waals surface area (Å²) in [5.74, 6) is -1.18. The molecule has 0 fully saturated rings. The van der Waals surface area contributed by atoms with E-state index in [9.17, 15) is 8.78 Å². The predicted octanol–water partition coefficient (Wildman–Crippen LogP) is 3.08. The second-order valence-corrected chi connectivity index (χ2v) is 5.17. The van der Waals surface area contributed by atoms with Gasteiger partial charge in [0.25, 0.3) is 0 Å². The van der Waals surface area contributed by atoms with E-state index in [4.69, 9.17) is 0 Å². The standard InChI is InChI=1S/C13H14BrF2N3/c1-7-6-10(19(3)18-7)13(17-2)11-9(15)5-4-8(14)12(11)16/h4-6,13,17H,1-3H3. The summed E-state index contributed by atoms with van der Waals surface area (Å²) < 4.78 is 30.0. The van der Waals surface area contributed by atoms with E-state index in [0.29, 0.717) is 5.69 Å². The number of aryl methyl sites for hydroxylation is 2. The van der Waals surface area contributed by atoms with Crippen LogP contribution in [0.4, 0.5) is 8.78 Å². The molecule has 1 aromatic carbocycles. The van der Waals surface area contributed by atoms with Gasteiger partial charge in [0, 0.05) is 12.6 Å². The first kappa shape index (κ1) is 14.1. The molecule has 0 aliphatic carbocycles. The monoisotopic (exact) mass is 329 g/mol. The first-order chi connectivity index (χ1) is 8.95. The molecular weight excluding hydrogens is 316 g/mol. The second kappa shape index (κ2) is 5.38. The van der Waals surface area contributed by atoms with Crippen LogP contribution in [-0.4, -0.2) is 16.8 Å². The minimum atomic E-state index is -0.599. The summed E-state index contributed by atoms with van der Waals surface area (Å²) in [6.45, 7) is 1.84. The number of nitrogens with zero attached hydrogens (tertiary/aromatic N) is 2. The van der Waals surface area contributed by atoms with Crippen molar-refractivity contribution >= 4 is 15.9 Å². The molecule has 6 heteroatoms. The number of halogens is 3. The number of hydrogen-bond donors (Lipinski definition) is 1. The number of rotatable bonds is 3. The minimum Gasteiger partial charge on any atom is -0.308 e. The highest BCUT2D eigenvalue weighted by molar-refractivity contribution is 9.10. The Morgan fingerprint density at radius 1 is 1.37 bits per heavy atom. The topological polar surface area (TPSA) is 29.9 Å². The quantitative estimate of drug-likeness (QED) is 0.877. The lowest BCUT2D eigenvalue weighted by molar-refractivity contribution is 0.503. The van der Waals surface area contributed by atoms with E-state index in [0.717, 1.165) is 5.69 Å². The Morgan fingerprint density at radius 3 is 2.58 bits per heavy atom. The average Bonchev–Trinajstić information content (AvgIpc) is 2.69. The lowest BCUT2D eigenvalue weighted by atomic mass is 10.0. The smallest absolute Gasteiger partial charge is 0.145 e. The molecular formula is C13H14BrF2N3. The van der Waals surface area contributed by atoms with Gasteiger partial charge in [-0.2, -0.15) is 5.10 Å². The molecule has 1 atom stereocenters. The van der Waals surface area contributed by atoms with Crippen LogP contribution in [0.1, 0.15) is 23.0 Å². The molecule has 0 bridgehead atoms. The van der Waals surface area contributed by atoms with E-state index < -0.39 is 17.7 Å². The molecule has 0 saturated carbocycles. The SMILES string of the molecule is CNC(c1c(F)ccc(Br)c1F)c1cc(C)nn1C. The Bertz CT molecular complexity index is 610. The third-order valence-corrected chi connectivity index (χ3v) is 3.60. The molecule has 2 rings (SSSR count). The van der Waals surface area contributed by atoms with Gasteiger partial charge in [0.1, 0.15) is 11.6 Å². The molecule has 3 nitrogen and oxygen atoms in total. The van der Waals surface area contributed by atoms with Gasteiger partial charge in [-0.3, -0.25) is 4.68 Å². The summed E-state index contributed by atoms with van der Waals surface area (Å²) in [6.07, 6.45) is 0. The van der Waals surface area contributed by atoms with Crippen molar-refractivity contribution in [2.45, 2.75) is 13.0 Å². The summed E-state index contributed by atoms with van der Waals surface area (Å²) in [4.78, 5) is 0. The summed E-state index contributed by atoms with van der Waals surface area (Å²) in [5, 5.41) is 7.14. The van der Waals surface area contributed by atoms with Crippen molar-refractivity contribution in [3.8, 4) is 0 Å². The number of hydrogen-bond acceptors (Lipinski definition) is 2. The van der Waals surface area contributed by atoms with Crippen LogP contribution < -0.4 is 5.32 Å². The van der Waals surface area contributed by atoms with Gasteiger partial charge < -0.3 is 5.32 Å². The van der Waals surface area contributed by atoms with Gasteiger partial charge in [-0.05, 0) is 48.1 Å². The van der Waals surface area contributed by atoms with Crippen LogP contribution in [-0.2, 0) is 7.05 Å². The molecule has 0 spiro atoms. The first-order valence-corrected chi connectivity index (χ1v) is 6.56. The third kappa shape index (κ3) is 2.55. The predicted molar refractivity (Wildman–Crippen MR) is 72.9 cm³/mol.